The minimum Gasteiger partial charge on any atom is -0.416 e. The minimum atomic E-state index is -0.142. The molecule has 0 radical (unpaired) electrons. The van der Waals surface area contributed by atoms with Gasteiger partial charge in [-0.3, -0.25) is 4.79 Å². The van der Waals surface area contributed by atoms with Crippen LogP contribution in [-0.2, 0) is 11.2 Å². The quantitative estimate of drug-likeness (QED) is 0.418. The fourth-order valence-corrected chi connectivity index (χ4v) is 4.40. The van der Waals surface area contributed by atoms with E-state index in [-0.39, 0.29) is 11.7 Å². The van der Waals surface area contributed by atoms with Crippen LogP contribution in [0.15, 0.2) is 44.7 Å². The van der Waals surface area contributed by atoms with Crippen molar-refractivity contribution in [2.24, 2.45) is 0 Å². The van der Waals surface area contributed by atoms with E-state index in [0.717, 1.165) is 32.7 Å². The zero-order valence-corrected chi connectivity index (χ0v) is 18.2. The van der Waals surface area contributed by atoms with E-state index in [0.29, 0.717) is 17.5 Å². The number of anilines is 1. The molecule has 4 aromatic rings. The Bertz CT molecular complexity index is 1130. The van der Waals surface area contributed by atoms with Gasteiger partial charge in [0, 0.05) is 22.0 Å². The highest BCUT2D eigenvalue weighted by molar-refractivity contribution is 7.99. The molecule has 148 valence electrons. The van der Waals surface area contributed by atoms with Gasteiger partial charge in [-0.05, 0) is 26.0 Å². The molecule has 1 aromatic carbocycles. The zero-order valence-electron chi connectivity index (χ0n) is 15.7. The maximum absolute atomic E-state index is 12.3. The summed E-state index contributed by atoms with van der Waals surface area (Å²) in [5.74, 6) is 0.526. The predicted molar refractivity (Wildman–Crippen MR) is 116 cm³/mol. The number of nitrogens with zero attached hydrogens (tertiary/aromatic N) is 4. The molecule has 7 nitrogen and oxygen atoms in total. The molecular formula is C19H17N5O2S3. The Kier molecular flexibility index (Phi) is 6.02. The van der Waals surface area contributed by atoms with Gasteiger partial charge in [-0.15, -0.1) is 32.9 Å². The van der Waals surface area contributed by atoms with Crippen LogP contribution in [0.4, 0.5) is 5.69 Å². The van der Waals surface area contributed by atoms with E-state index in [1.807, 2.05) is 48.9 Å². The van der Waals surface area contributed by atoms with Crippen molar-refractivity contribution in [1.82, 2.24) is 20.2 Å². The van der Waals surface area contributed by atoms with Crippen LogP contribution in [0.5, 0.6) is 0 Å². The maximum Gasteiger partial charge on any atom is 0.277 e. The average Bonchev–Trinajstić information content (AvgIpc) is 3.43. The number of carbonyl (C=O) groups is 1. The van der Waals surface area contributed by atoms with Crippen LogP contribution < -0.4 is 5.32 Å². The highest BCUT2D eigenvalue weighted by Gasteiger charge is 2.12. The van der Waals surface area contributed by atoms with Crippen molar-refractivity contribution in [1.29, 1.82) is 0 Å². The fraction of sp³-hybridized carbons (Fsp3) is 0.211. The number of aryl methyl sites for hydroxylation is 2. The first kappa shape index (κ1) is 19.7. The Balaban J connectivity index is 1.31. The normalized spacial score (nSPS) is 11.0. The smallest absolute Gasteiger partial charge is 0.277 e. The van der Waals surface area contributed by atoms with Gasteiger partial charge in [0.05, 0.1) is 33.6 Å². The molecule has 3 heterocycles. The standard InChI is InChI=1S/C19H17N5O2S3/c1-11-20-15(8-27-11)7-18-23-24-19(26-18)29-10-17(25)22-14-5-3-4-13(6-14)16-9-28-12(2)21-16/h3-6,8-9H,7,10H2,1-2H3,(H,22,25). The van der Waals surface area contributed by atoms with Crippen molar-refractivity contribution in [3.63, 3.8) is 0 Å². The SMILES string of the molecule is Cc1nc(Cc2nnc(SCC(=O)Nc3cccc(-c4csc(C)n4)c3)o2)cs1. The van der Waals surface area contributed by atoms with Crippen LogP contribution in [0.2, 0.25) is 0 Å². The first-order valence-electron chi connectivity index (χ1n) is 8.74. The molecule has 0 saturated carbocycles. The van der Waals surface area contributed by atoms with E-state index < -0.39 is 0 Å². The predicted octanol–water partition coefficient (Wildman–Crippen LogP) is 4.59. The molecule has 4 rings (SSSR count). The van der Waals surface area contributed by atoms with Crippen molar-refractivity contribution in [3.8, 4) is 11.3 Å². The van der Waals surface area contributed by atoms with Crippen LogP contribution in [0.1, 0.15) is 21.6 Å². The van der Waals surface area contributed by atoms with Crippen molar-refractivity contribution >= 4 is 46.0 Å². The van der Waals surface area contributed by atoms with Crippen LogP contribution >= 0.6 is 34.4 Å². The second-order valence-electron chi connectivity index (χ2n) is 6.17. The summed E-state index contributed by atoms with van der Waals surface area (Å²) in [6.07, 6.45) is 0.493. The van der Waals surface area contributed by atoms with Gasteiger partial charge in [0.25, 0.3) is 5.22 Å². The summed E-state index contributed by atoms with van der Waals surface area (Å²) in [4.78, 5) is 21.2. The summed E-state index contributed by atoms with van der Waals surface area (Å²) in [5, 5.41) is 17.3. The third kappa shape index (κ3) is 5.28. The van der Waals surface area contributed by atoms with Crippen molar-refractivity contribution in [2.75, 3.05) is 11.1 Å². The van der Waals surface area contributed by atoms with Gasteiger partial charge < -0.3 is 9.73 Å². The number of hydrogen-bond acceptors (Lipinski definition) is 9. The monoisotopic (exact) mass is 443 g/mol. The molecular weight excluding hydrogens is 426 g/mol. The minimum absolute atomic E-state index is 0.142. The van der Waals surface area contributed by atoms with Gasteiger partial charge in [-0.25, -0.2) is 9.97 Å². The van der Waals surface area contributed by atoms with Gasteiger partial charge in [-0.1, -0.05) is 23.9 Å². The van der Waals surface area contributed by atoms with E-state index in [2.05, 4.69) is 25.5 Å². The van der Waals surface area contributed by atoms with Gasteiger partial charge in [0.1, 0.15) is 0 Å². The van der Waals surface area contributed by atoms with Crippen LogP contribution in [0, 0.1) is 13.8 Å². The van der Waals surface area contributed by atoms with Crippen LogP contribution in [0.3, 0.4) is 0 Å². The van der Waals surface area contributed by atoms with Gasteiger partial charge in [0.15, 0.2) is 0 Å². The Morgan fingerprint density at radius 1 is 1.14 bits per heavy atom. The third-order valence-corrected chi connectivity index (χ3v) is 6.25. The summed E-state index contributed by atoms with van der Waals surface area (Å²) in [6.45, 7) is 3.92. The Morgan fingerprint density at radius 2 is 1.97 bits per heavy atom. The molecule has 1 amide bonds. The third-order valence-electron chi connectivity index (χ3n) is 3.84. The van der Waals surface area contributed by atoms with Crippen LogP contribution in [-0.4, -0.2) is 31.8 Å². The number of aromatic nitrogens is 4. The molecule has 29 heavy (non-hydrogen) atoms. The number of thioether (sulfide) groups is 1. The second kappa shape index (κ2) is 8.85. The molecule has 0 fully saturated rings. The zero-order chi connectivity index (χ0) is 20.2. The van der Waals surface area contributed by atoms with Crippen molar-refractivity contribution in [3.05, 3.63) is 56.6 Å². The lowest BCUT2D eigenvalue weighted by atomic mass is 10.1. The maximum atomic E-state index is 12.3. The second-order valence-corrected chi connectivity index (χ2v) is 9.22. The highest BCUT2D eigenvalue weighted by atomic mass is 32.2. The van der Waals surface area contributed by atoms with Gasteiger partial charge in [0.2, 0.25) is 11.8 Å². The summed E-state index contributed by atoms with van der Waals surface area (Å²) >= 11 is 4.39. The van der Waals surface area contributed by atoms with Crippen molar-refractivity contribution < 1.29 is 9.21 Å². The van der Waals surface area contributed by atoms with Crippen molar-refractivity contribution in [2.45, 2.75) is 25.5 Å². The Morgan fingerprint density at radius 3 is 2.72 bits per heavy atom. The van der Waals surface area contributed by atoms with Gasteiger partial charge in [-0.2, -0.15) is 0 Å². The number of carbonyl (C=O) groups excluding carboxylic acids is 1. The Labute approximate surface area is 179 Å². The summed E-state index contributed by atoms with van der Waals surface area (Å²) in [6, 6.07) is 7.64. The fourth-order valence-electron chi connectivity index (χ4n) is 2.59. The number of amides is 1. The van der Waals surface area contributed by atoms with Gasteiger partial charge >= 0.3 is 0 Å². The number of thiazole rings is 2. The molecule has 0 aliphatic heterocycles. The lowest BCUT2D eigenvalue weighted by Crippen LogP contribution is -2.14. The van der Waals surface area contributed by atoms with Crippen LogP contribution in [0.25, 0.3) is 11.3 Å². The van der Waals surface area contributed by atoms with E-state index in [9.17, 15) is 4.79 Å². The van der Waals surface area contributed by atoms with E-state index >= 15 is 0 Å². The molecule has 10 heteroatoms. The highest BCUT2D eigenvalue weighted by Crippen LogP contribution is 2.24. The molecule has 3 aromatic heterocycles. The molecule has 1 N–H and O–H groups in total. The number of hydrogen-bond donors (Lipinski definition) is 1. The Hall–Kier alpha value is -2.56. The first-order chi connectivity index (χ1) is 14.0. The summed E-state index contributed by atoms with van der Waals surface area (Å²) < 4.78 is 5.59. The largest absolute Gasteiger partial charge is 0.416 e. The molecule has 0 aliphatic carbocycles. The molecule has 0 unspecified atom stereocenters. The lowest BCUT2D eigenvalue weighted by Gasteiger charge is -2.05. The summed E-state index contributed by atoms with van der Waals surface area (Å²) in [5.41, 5.74) is 3.51. The number of nitrogens with one attached hydrogen (secondary N) is 1. The van der Waals surface area contributed by atoms with E-state index in [4.69, 9.17) is 4.42 Å². The average molecular weight is 444 g/mol. The topological polar surface area (TPSA) is 93.8 Å². The number of rotatable bonds is 7. The number of benzene rings is 1. The summed E-state index contributed by atoms with van der Waals surface area (Å²) in [7, 11) is 0. The van der Waals surface area contributed by atoms with E-state index in [1.54, 1.807) is 22.7 Å². The van der Waals surface area contributed by atoms with E-state index in [1.165, 1.54) is 11.8 Å². The lowest BCUT2D eigenvalue weighted by molar-refractivity contribution is -0.113. The first-order valence-corrected chi connectivity index (χ1v) is 11.5. The molecule has 0 aliphatic rings. The molecule has 0 saturated heterocycles. The molecule has 0 spiro atoms. The molecule has 0 bridgehead atoms. The molecule has 0 atom stereocenters.